The van der Waals surface area contributed by atoms with Crippen LogP contribution in [0.25, 0.3) is 0 Å². The van der Waals surface area contributed by atoms with E-state index in [9.17, 15) is 0 Å². The predicted octanol–water partition coefficient (Wildman–Crippen LogP) is 0.754. The molecule has 0 aliphatic heterocycles. The first-order chi connectivity index (χ1) is 5.24. The molecule has 11 heavy (non-hydrogen) atoms. The van der Waals surface area contributed by atoms with Crippen molar-refractivity contribution >= 4 is 5.84 Å². The Bertz CT molecular complexity index is 251. The van der Waals surface area contributed by atoms with Gasteiger partial charge in [0, 0.05) is 12.1 Å². The highest BCUT2D eigenvalue weighted by atomic mass is 14.7. The predicted molar refractivity (Wildman–Crippen MR) is 44.3 cm³/mol. The van der Waals surface area contributed by atoms with Crippen LogP contribution >= 0.6 is 0 Å². The Morgan fingerprint density at radius 1 is 1.27 bits per heavy atom. The maximum atomic E-state index is 7.09. The molecule has 1 radical (unpaired) electrons. The Kier molecular flexibility index (Phi) is 2.23. The number of nitrogens with one attached hydrogen (secondary N) is 2. The fourth-order valence-corrected chi connectivity index (χ4v) is 0.802. The van der Waals surface area contributed by atoms with Crippen LogP contribution in [0.2, 0.25) is 0 Å². The summed E-state index contributed by atoms with van der Waals surface area (Å²) in [4.78, 5) is 0. The number of hydrogen-bond acceptors (Lipinski definition) is 1. The Labute approximate surface area is 65.5 Å². The third-order valence-corrected chi connectivity index (χ3v) is 1.47. The second-order valence-electron chi connectivity index (χ2n) is 2.29. The second-order valence-corrected chi connectivity index (χ2v) is 2.29. The van der Waals surface area contributed by atoms with Gasteiger partial charge in [-0.2, -0.15) is 0 Å². The van der Waals surface area contributed by atoms with Gasteiger partial charge in [-0.15, -0.1) is 0 Å². The summed E-state index contributed by atoms with van der Waals surface area (Å²) in [5, 5.41) is 7.09. The van der Waals surface area contributed by atoms with Gasteiger partial charge in [-0.3, -0.25) is 11.1 Å². The van der Waals surface area contributed by atoms with E-state index in [4.69, 9.17) is 16.9 Å². The number of hydrogen-bond donors (Lipinski definition) is 2. The summed E-state index contributed by atoms with van der Waals surface area (Å²) >= 11 is 0. The molecule has 0 saturated heterocycles. The molecule has 0 unspecified atom stereocenters. The van der Waals surface area contributed by atoms with Crippen LogP contribution in [0.15, 0.2) is 24.3 Å². The van der Waals surface area contributed by atoms with E-state index in [2.05, 4.69) is 0 Å². The van der Waals surface area contributed by atoms with E-state index < -0.39 is 0 Å². The van der Waals surface area contributed by atoms with Crippen molar-refractivity contribution in [2.75, 3.05) is 0 Å². The molecule has 0 heterocycles. The molecule has 0 saturated carbocycles. The zero-order valence-corrected chi connectivity index (χ0v) is 6.09. The average Bonchev–Trinajstić information content (AvgIpc) is 2.05. The summed E-state index contributed by atoms with van der Waals surface area (Å²) in [6, 6.07) is 7.13. The Hall–Kier alpha value is -1.35. The van der Waals surface area contributed by atoms with Crippen LogP contribution in [0, 0.1) is 5.41 Å². The Balaban J connectivity index is 2.91. The average molecular weight is 148 g/mol. The van der Waals surface area contributed by atoms with Gasteiger partial charge in [-0.05, 0) is 5.56 Å². The van der Waals surface area contributed by atoms with Crippen LogP contribution < -0.4 is 11.5 Å². The lowest BCUT2D eigenvalue weighted by Crippen LogP contribution is -2.10. The molecule has 3 nitrogen and oxygen atoms in total. The minimum absolute atomic E-state index is 0.0709. The van der Waals surface area contributed by atoms with E-state index in [1.807, 2.05) is 12.1 Å². The molecular weight excluding hydrogens is 138 g/mol. The molecule has 0 bridgehead atoms. The molecule has 1 aromatic rings. The van der Waals surface area contributed by atoms with E-state index in [-0.39, 0.29) is 12.4 Å². The van der Waals surface area contributed by atoms with Crippen LogP contribution in [0.3, 0.4) is 0 Å². The van der Waals surface area contributed by atoms with Gasteiger partial charge in [-0.25, -0.2) is 0 Å². The summed E-state index contributed by atoms with van der Waals surface area (Å²) < 4.78 is 0. The molecular formula is C8H10N3. The third kappa shape index (κ3) is 1.78. The zero-order chi connectivity index (χ0) is 8.27. The number of nitrogens with two attached hydrogens (primary N) is 1. The monoisotopic (exact) mass is 148 g/mol. The highest BCUT2D eigenvalue weighted by molar-refractivity contribution is 5.94. The first-order valence-corrected chi connectivity index (χ1v) is 3.32. The van der Waals surface area contributed by atoms with E-state index in [0.29, 0.717) is 5.56 Å². The molecule has 4 N–H and O–H groups in total. The quantitative estimate of drug-likeness (QED) is 0.471. The van der Waals surface area contributed by atoms with E-state index >= 15 is 0 Å². The molecule has 0 aliphatic carbocycles. The maximum absolute atomic E-state index is 7.09. The molecule has 0 fully saturated rings. The van der Waals surface area contributed by atoms with Crippen LogP contribution in [0.1, 0.15) is 11.1 Å². The van der Waals surface area contributed by atoms with Crippen LogP contribution in [0.4, 0.5) is 0 Å². The summed E-state index contributed by atoms with van der Waals surface area (Å²) in [6.45, 7) is 0.276. The van der Waals surface area contributed by atoms with Crippen molar-refractivity contribution in [2.45, 2.75) is 6.54 Å². The smallest absolute Gasteiger partial charge is 0.122 e. The number of benzene rings is 1. The van der Waals surface area contributed by atoms with Gasteiger partial charge in [-0.1, -0.05) is 24.3 Å². The fourth-order valence-electron chi connectivity index (χ4n) is 0.802. The van der Waals surface area contributed by atoms with Gasteiger partial charge < -0.3 is 5.73 Å². The lowest BCUT2D eigenvalue weighted by molar-refractivity contribution is 1.03. The van der Waals surface area contributed by atoms with Gasteiger partial charge in [0.25, 0.3) is 0 Å². The minimum atomic E-state index is 0.0709. The number of amidine groups is 1. The summed E-state index contributed by atoms with van der Waals surface area (Å²) in [7, 11) is 0. The largest absolute Gasteiger partial charge is 0.384 e. The van der Waals surface area contributed by atoms with Gasteiger partial charge in [0.05, 0.1) is 0 Å². The van der Waals surface area contributed by atoms with Gasteiger partial charge in [0.15, 0.2) is 0 Å². The molecule has 0 aromatic heterocycles. The zero-order valence-electron chi connectivity index (χ0n) is 6.09. The topological polar surface area (TPSA) is 73.7 Å². The molecule has 0 amide bonds. The standard InChI is InChI=1S/C8H10N3/c9-5-6-1-3-7(4-2-6)8(10)11/h1-4,9H,5H2,(H3,10,11). The van der Waals surface area contributed by atoms with Crippen LogP contribution in [-0.4, -0.2) is 5.84 Å². The molecule has 1 rings (SSSR count). The molecule has 0 atom stereocenters. The third-order valence-electron chi connectivity index (χ3n) is 1.47. The summed E-state index contributed by atoms with van der Waals surface area (Å²) in [5.41, 5.74) is 13.9. The number of nitrogen functional groups attached to an aromatic ring is 1. The van der Waals surface area contributed by atoms with Gasteiger partial charge in [0.1, 0.15) is 5.84 Å². The highest BCUT2D eigenvalue weighted by Crippen LogP contribution is 2.02. The molecule has 0 spiro atoms. The first kappa shape index (κ1) is 7.75. The van der Waals surface area contributed by atoms with Gasteiger partial charge in [0.2, 0.25) is 0 Å². The molecule has 57 valence electrons. The van der Waals surface area contributed by atoms with Crippen LogP contribution in [-0.2, 0) is 6.54 Å². The van der Waals surface area contributed by atoms with E-state index in [1.165, 1.54) is 0 Å². The summed E-state index contributed by atoms with van der Waals surface area (Å²) in [5.74, 6) is 0.0709. The minimum Gasteiger partial charge on any atom is -0.384 e. The molecule has 3 heteroatoms. The van der Waals surface area contributed by atoms with Crippen molar-refractivity contribution < 1.29 is 0 Å². The van der Waals surface area contributed by atoms with Crippen molar-refractivity contribution in [2.24, 2.45) is 5.73 Å². The lowest BCUT2D eigenvalue weighted by Gasteiger charge is -1.98. The summed E-state index contributed by atoms with van der Waals surface area (Å²) in [6.07, 6.45) is 0. The van der Waals surface area contributed by atoms with Crippen molar-refractivity contribution in [3.63, 3.8) is 0 Å². The lowest BCUT2D eigenvalue weighted by atomic mass is 10.1. The Morgan fingerprint density at radius 3 is 2.18 bits per heavy atom. The van der Waals surface area contributed by atoms with E-state index in [0.717, 1.165) is 5.56 Å². The first-order valence-electron chi connectivity index (χ1n) is 3.32. The van der Waals surface area contributed by atoms with Gasteiger partial charge >= 0.3 is 0 Å². The SMILES string of the molecule is [NH]Cc1ccc(C(=N)N)cc1. The normalized spacial score (nSPS) is 9.55. The van der Waals surface area contributed by atoms with Crippen molar-refractivity contribution in [3.05, 3.63) is 35.4 Å². The maximum Gasteiger partial charge on any atom is 0.122 e. The van der Waals surface area contributed by atoms with Crippen molar-refractivity contribution in [1.82, 2.24) is 5.73 Å². The fraction of sp³-hybridized carbons (Fsp3) is 0.125. The molecule has 1 aromatic carbocycles. The highest BCUT2D eigenvalue weighted by Gasteiger charge is 1.94. The van der Waals surface area contributed by atoms with Crippen molar-refractivity contribution in [1.29, 1.82) is 5.41 Å². The second kappa shape index (κ2) is 3.16. The van der Waals surface area contributed by atoms with Crippen LogP contribution in [0.5, 0.6) is 0 Å². The molecule has 0 aliphatic rings. The Morgan fingerprint density at radius 2 is 1.82 bits per heavy atom. The van der Waals surface area contributed by atoms with E-state index in [1.54, 1.807) is 12.1 Å². The number of rotatable bonds is 2. The van der Waals surface area contributed by atoms with Crippen molar-refractivity contribution in [3.8, 4) is 0 Å².